The Hall–Kier alpha value is -1.06. The van der Waals surface area contributed by atoms with Gasteiger partial charge >= 0.3 is 0 Å². The second-order valence-corrected chi connectivity index (χ2v) is 3.93. The van der Waals surface area contributed by atoms with E-state index in [1.807, 2.05) is 24.3 Å². The van der Waals surface area contributed by atoms with Gasteiger partial charge in [-0.3, -0.25) is 0 Å². The standard InChI is InChI=1S/C12H17NO2/c14-12-7-1-6-11(12)13-8-2-4-10-5-3-9-15-10/h2-5,9,11-14H,1,6-8H2/b4-2+. The van der Waals surface area contributed by atoms with Gasteiger partial charge in [-0.15, -0.1) is 0 Å². The van der Waals surface area contributed by atoms with Crippen LogP contribution in [0.15, 0.2) is 28.9 Å². The third kappa shape index (κ3) is 2.94. The van der Waals surface area contributed by atoms with Crippen LogP contribution in [0.3, 0.4) is 0 Å². The van der Waals surface area contributed by atoms with Crippen molar-refractivity contribution in [1.29, 1.82) is 0 Å². The molecule has 0 saturated heterocycles. The molecular weight excluding hydrogens is 190 g/mol. The number of aliphatic hydroxyl groups is 1. The second-order valence-electron chi connectivity index (χ2n) is 3.93. The third-order valence-corrected chi connectivity index (χ3v) is 2.80. The molecule has 0 aliphatic heterocycles. The van der Waals surface area contributed by atoms with Crippen LogP contribution < -0.4 is 5.32 Å². The van der Waals surface area contributed by atoms with E-state index in [0.29, 0.717) is 0 Å². The van der Waals surface area contributed by atoms with E-state index in [-0.39, 0.29) is 12.1 Å². The lowest BCUT2D eigenvalue weighted by molar-refractivity contribution is 0.151. The van der Waals surface area contributed by atoms with Crippen LogP contribution in [0.2, 0.25) is 0 Å². The first-order valence-electron chi connectivity index (χ1n) is 5.48. The van der Waals surface area contributed by atoms with Crippen LogP contribution in [-0.4, -0.2) is 23.8 Å². The lowest BCUT2D eigenvalue weighted by Gasteiger charge is -2.14. The van der Waals surface area contributed by atoms with Crippen LogP contribution in [0.1, 0.15) is 25.0 Å². The van der Waals surface area contributed by atoms with Crippen molar-refractivity contribution in [3.63, 3.8) is 0 Å². The summed E-state index contributed by atoms with van der Waals surface area (Å²) in [6.45, 7) is 0.780. The summed E-state index contributed by atoms with van der Waals surface area (Å²) >= 11 is 0. The van der Waals surface area contributed by atoms with Gasteiger partial charge in [-0.1, -0.05) is 6.08 Å². The molecule has 1 aromatic heterocycles. The molecule has 0 spiro atoms. The number of hydrogen-bond acceptors (Lipinski definition) is 3. The summed E-state index contributed by atoms with van der Waals surface area (Å²) in [6.07, 6.45) is 8.59. The Bertz CT molecular complexity index is 305. The Morgan fingerprint density at radius 1 is 1.53 bits per heavy atom. The molecule has 2 unspecified atom stereocenters. The van der Waals surface area contributed by atoms with Crippen molar-refractivity contribution in [2.75, 3.05) is 6.54 Å². The van der Waals surface area contributed by atoms with Crippen LogP contribution in [-0.2, 0) is 0 Å². The fourth-order valence-corrected chi connectivity index (χ4v) is 1.96. The number of rotatable bonds is 4. The van der Waals surface area contributed by atoms with Gasteiger partial charge in [-0.2, -0.15) is 0 Å². The molecule has 3 heteroatoms. The maximum Gasteiger partial charge on any atom is 0.126 e. The first-order valence-corrected chi connectivity index (χ1v) is 5.48. The van der Waals surface area contributed by atoms with Crippen molar-refractivity contribution in [3.05, 3.63) is 30.2 Å². The minimum atomic E-state index is -0.165. The van der Waals surface area contributed by atoms with Crippen LogP contribution in [0.4, 0.5) is 0 Å². The fraction of sp³-hybridized carbons (Fsp3) is 0.500. The summed E-state index contributed by atoms with van der Waals surface area (Å²) in [6, 6.07) is 4.06. The molecule has 82 valence electrons. The van der Waals surface area contributed by atoms with E-state index >= 15 is 0 Å². The maximum absolute atomic E-state index is 9.57. The number of aliphatic hydroxyl groups excluding tert-OH is 1. The first-order chi connectivity index (χ1) is 7.36. The van der Waals surface area contributed by atoms with Gasteiger partial charge < -0.3 is 14.8 Å². The van der Waals surface area contributed by atoms with Crippen molar-refractivity contribution >= 4 is 6.08 Å². The molecule has 0 amide bonds. The van der Waals surface area contributed by atoms with E-state index in [9.17, 15) is 5.11 Å². The highest BCUT2D eigenvalue weighted by molar-refractivity contribution is 5.42. The van der Waals surface area contributed by atoms with Crippen molar-refractivity contribution < 1.29 is 9.52 Å². The van der Waals surface area contributed by atoms with Crippen LogP contribution in [0, 0.1) is 0 Å². The normalized spacial score (nSPS) is 26.5. The smallest absolute Gasteiger partial charge is 0.126 e. The predicted molar refractivity (Wildman–Crippen MR) is 59.4 cm³/mol. The zero-order valence-corrected chi connectivity index (χ0v) is 8.73. The summed E-state index contributed by atoms with van der Waals surface area (Å²) in [7, 11) is 0. The first kappa shape index (κ1) is 10.5. The molecule has 2 atom stereocenters. The zero-order valence-electron chi connectivity index (χ0n) is 8.73. The minimum absolute atomic E-state index is 0.165. The number of hydrogen-bond donors (Lipinski definition) is 2. The Morgan fingerprint density at radius 3 is 3.13 bits per heavy atom. The van der Waals surface area contributed by atoms with Crippen molar-refractivity contribution in [1.82, 2.24) is 5.32 Å². The van der Waals surface area contributed by atoms with Gasteiger partial charge in [0.1, 0.15) is 5.76 Å². The third-order valence-electron chi connectivity index (χ3n) is 2.80. The summed E-state index contributed by atoms with van der Waals surface area (Å²) in [5.41, 5.74) is 0. The highest BCUT2D eigenvalue weighted by Crippen LogP contribution is 2.18. The molecule has 1 aliphatic rings. The molecule has 1 saturated carbocycles. The summed E-state index contributed by atoms with van der Waals surface area (Å²) in [4.78, 5) is 0. The van der Waals surface area contributed by atoms with E-state index < -0.39 is 0 Å². The van der Waals surface area contributed by atoms with Gasteiger partial charge in [-0.05, 0) is 37.5 Å². The van der Waals surface area contributed by atoms with Gasteiger partial charge in [0, 0.05) is 12.6 Å². The Labute approximate surface area is 89.8 Å². The predicted octanol–water partition coefficient (Wildman–Crippen LogP) is 1.80. The Kier molecular flexibility index (Phi) is 3.59. The average molecular weight is 207 g/mol. The van der Waals surface area contributed by atoms with E-state index in [4.69, 9.17) is 4.42 Å². The highest BCUT2D eigenvalue weighted by atomic mass is 16.3. The van der Waals surface area contributed by atoms with Crippen LogP contribution in [0.5, 0.6) is 0 Å². The summed E-state index contributed by atoms with van der Waals surface area (Å²) < 4.78 is 5.16. The molecule has 0 radical (unpaired) electrons. The molecular formula is C12H17NO2. The zero-order chi connectivity index (χ0) is 10.5. The summed E-state index contributed by atoms with van der Waals surface area (Å²) in [5.74, 6) is 0.865. The maximum atomic E-state index is 9.57. The fourth-order valence-electron chi connectivity index (χ4n) is 1.96. The monoisotopic (exact) mass is 207 g/mol. The lowest BCUT2D eigenvalue weighted by atomic mass is 10.2. The molecule has 1 fully saturated rings. The quantitative estimate of drug-likeness (QED) is 0.791. The van der Waals surface area contributed by atoms with Gasteiger partial charge in [0.25, 0.3) is 0 Å². The molecule has 15 heavy (non-hydrogen) atoms. The van der Waals surface area contributed by atoms with Crippen molar-refractivity contribution in [2.45, 2.75) is 31.4 Å². The van der Waals surface area contributed by atoms with E-state index in [1.54, 1.807) is 6.26 Å². The molecule has 0 aromatic carbocycles. The van der Waals surface area contributed by atoms with E-state index in [0.717, 1.165) is 31.6 Å². The Morgan fingerprint density at radius 2 is 2.47 bits per heavy atom. The SMILES string of the molecule is OC1CCCC1NC/C=C/c1ccco1. The van der Waals surface area contributed by atoms with Crippen molar-refractivity contribution in [3.8, 4) is 0 Å². The molecule has 3 nitrogen and oxygen atoms in total. The Balaban J connectivity index is 1.70. The summed E-state index contributed by atoms with van der Waals surface area (Å²) in [5, 5.41) is 12.9. The molecule has 0 bridgehead atoms. The van der Waals surface area contributed by atoms with Gasteiger partial charge in [0.05, 0.1) is 12.4 Å². The molecule has 2 rings (SSSR count). The topological polar surface area (TPSA) is 45.4 Å². The van der Waals surface area contributed by atoms with Crippen LogP contribution in [0.25, 0.3) is 6.08 Å². The minimum Gasteiger partial charge on any atom is -0.465 e. The molecule has 2 N–H and O–H groups in total. The molecule has 1 aliphatic carbocycles. The van der Waals surface area contributed by atoms with E-state index in [1.165, 1.54) is 0 Å². The van der Waals surface area contributed by atoms with Gasteiger partial charge in [0.15, 0.2) is 0 Å². The van der Waals surface area contributed by atoms with Crippen molar-refractivity contribution in [2.24, 2.45) is 0 Å². The molecule has 1 heterocycles. The number of furan rings is 1. The number of nitrogens with one attached hydrogen (secondary N) is 1. The average Bonchev–Trinajstić information content (AvgIpc) is 2.85. The second kappa shape index (κ2) is 5.14. The molecule has 1 aromatic rings. The van der Waals surface area contributed by atoms with Gasteiger partial charge in [-0.25, -0.2) is 0 Å². The lowest BCUT2D eigenvalue weighted by Crippen LogP contribution is -2.35. The van der Waals surface area contributed by atoms with Crippen LogP contribution >= 0.6 is 0 Å². The van der Waals surface area contributed by atoms with E-state index in [2.05, 4.69) is 5.32 Å². The van der Waals surface area contributed by atoms with Gasteiger partial charge in [0.2, 0.25) is 0 Å². The largest absolute Gasteiger partial charge is 0.465 e. The highest BCUT2D eigenvalue weighted by Gasteiger charge is 2.23.